The third-order valence-corrected chi connectivity index (χ3v) is 4.86. The molecule has 1 aromatic rings. The monoisotopic (exact) mass is 329 g/mol. The summed E-state index contributed by atoms with van der Waals surface area (Å²) in [5.41, 5.74) is 1.73. The molecule has 0 radical (unpaired) electrons. The Bertz CT molecular complexity index is 641. The minimum absolute atomic E-state index is 0.0483. The fourth-order valence-electron chi connectivity index (χ4n) is 3.50. The summed E-state index contributed by atoms with van der Waals surface area (Å²) < 4.78 is 0. The van der Waals surface area contributed by atoms with Gasteiger partial charge in [-0.05, 0) is 43.4 Å². The van der Waals surface area contributed by atoms with Gasteiger partial charge in [-0.2, -0.15) is 0 Å². The smallest absolute Gasteiger partial charge is 0.322 e. The highest BCUT2D eigenvalue weighted by Crippen LogP contribution is 2.22. The Balaban J connectivity index is 1.57. The number of carbonyl (C=O) groups is 3. The average Bonchev–Trinajstić information content (AvgIpc) is 3.15. The van der Waals surface area contributed by atoms with Gasteiger partial charge >= 0.3 is 6.03 Å². The van der Waals surface area contributed by atoms with Crippen molar-refractivity contribution in [2.45, 2.75) is 45.1 Å². The quantitative estimate of drug-likeness (QED) is 0.832. The number of carbonyl (C=O) groups excluding carboxylic acids is 3. The van der Waals surface area contributed by atoms with Crippen LogP contribution < -0.4 is 10.6 Å². The fourth-order valence-corrected chi connectivity index (χ4v) is 3.50. The summed E-state index contributed by atoms with van der Waals surface area (Å²) >= 11 is 0. The highest BCUT2D eigenvalue weighted by Gasteiger charge is 2.30. The van der Waals surface area contributed by atoms with Gasteiger partial charge in [0.25, 0.3) is 0 Å². The molecule has 6 heteroatoms. The number of hydrogen-bond donors (Lipinski definition) is 2. The molecule has 0 bridgehead atoms. The molecule has 2 atom stereocenters. The fraction of sp³-hybridized carbons (Fsp3) is 0.500. The van der Waals surface area contributed by atoms with Crippen LogP contribution in [0.3, 0.4) is 0 Å². The Kier molecular flexibility index (Phi) is 4.83. The van der Waals surface area contributed by atoms with Crippen molar-refractivity contribution < 1.29 is 14.4 Å². The minimum atomic E-state index is -0.284. The van der Waals surface area contributed by atoms with E-state index in [0.29, 0.717) is 12.5 Å². The Morgan fingerprint density at radius 1 is 1.29 bits per heavy atom. The van der Waals surface area contributed by atoms with E-state index in [2.05, 4.69) is 17.6 Å². The molecule has 3 rings (SSSR count). The number of likely N-dealkylation sites (tertiary alicyclic amines) is 1. The first-order valence-electron chi connectivity index (χ1n) is 8.57. The predicted octanol–water partition coefficient (Wildman–Crippen LogP) is 2.30. The number of imide groups is 1. The van der Waals surface area contributed by atoms with Gasteiger partial charge in [0, 0.05) is 24.7 Å². The lowest BCUT2D eigenvalue weighted by atomic mass is 9.98. The van der Waals surface area contributed by atoms with E-state index >= 15 is 0 Å². The van der Waals surface area contributed by atoms with Gasteiger partial charge in [-0.1, -0.05) is 19.1 Å². The van der Waals surface area contributed by atoms with E-state index in [9.17, 15) is 14.4 Å². The van der Waals surface area contributed by atoms with Gasteiger partial charge < -0.3 is 10.2 Å². The molecule has 24 heavy (non-hydrogen) atoms. The lowest BCUT2D eigenvalue weighted by Crippen LogP contribution is -2.38. The maximum absolute atomic E-state index is 12.4. The lowest BCUT2D eigenvalue weighted by molar-refractivity contribution is -0.125. The van der Waals surface area contributed by atoms with Crippen molar-refractivity contribution in [3.8, 4) is 0 Å². The highest BCUT2D eigenvalue weighted by molar-refractivity contribution is 6.03. The van der Waals surface area contributed by atoms with Crippen LogP contribution in [0, 0.1) is 5.92 Å². The number of nitrogens with zero attached hydrogens (tertiary/aromatic N) is 1. The molecular weight excluding hydrogens is 306 g/mol. The Morgan fingerprint density at radius 3 is 2.67 bits per heavy atom. The second-order valence-corrected chi connectivity index (χ2v) is 6.54. The van der Waals surface area contributed by atoms with E-state index in [1.807, 2.05) is 29.2 Å². The van der Waals surface area contributed by atoms with Crippen molar-refractivity contribution in [1.82, 2.24) is 10.2 Å². The number of urea groups is 1. The first-order chi connectivity index (χ1) is 11.6. The van der Waals surface area contributed by atoms with Gasteiger partial charge in [0.1, 0.15) is 0 Å². The molecule has 2 aliphatic rings. The molecule has 0 aromatic heterocycles. The van der Waals surface area contributed by atoms with Crippen LogP contribution in [0.25, 0.3) is 0 Å². The SMILES string of the molecule is CCC1CCCN1C(=O)Nc1ccc(CC2CC(=O)NC2=O)cc1. The number of hydrogen-bond acceptors (Lipinski definition) is 3. The van der Waals surface area contributed by atoms with E-state index in [1.165, 1.54) is 0 Å². The van der Waals surface area contributed by atoms with E-state index < -0.39 is 0 Å². The number of amides is 4. The van der Waals surface area contributed by atoms with Crippen LogP contribution in [0.4, 0.5) is 10.5 Å². The van der Waals surface area contributed by atoms with Crippen molar-refractivity contribution in [2.24, 2.45) is 5.92 Å². The molecule has 2 N–H and O–H groups in total. The average molecular weight is 329 g/mol. The third kappa shape index (κ3) is 3.58. The van der Waals surface area contributed by atoms with E-state index in [1.54, 1.807) is 0 Å². The van der Waals surface area contributed by atoms with Crippen LogP contribution in [0.2, 0.25) is 0 Å². The van der Waals surface area contributed by atoms with E-state index in [4.69, 9.17) is 0 Å². The summed E-state index contributed by atoms with van der Waals surface area (Å²) in [6.07, 6.45) is 3.91. The molecular formula is C18H23N3O3. The molecule has 2 aliphatic heterocycles. The van der Waals surface area contributed by atoms with E-state index in [0.717, 1.165) is 37.1 Å². The zero-order valence-electron chi connectivity index (χ0n) is 13.9. The molecule has 2 heterocycles. The summed E-state index contributed by atoms with van der Waals surface area (Å²) in [6, 6.07) is 7.77. The first kappa shape index (κ1) is 16.5. The largest absolute Gasteiger partial charge is 0.322 e. The van der Waals surface area contributed by atoms with Crippen molar-refractivity contribution in [2.75, 3.05) is 11.9 Å². The highest BCUT2D eigenvalue weighted by atomic mass is 16.2. The van der Waals surface area contributed by atoms with Crippen molar-refractivity contribution in [3.63, 3.8) is 0 Å². The molecule has 0 aliphatic carbocycles. The topological polar surface area (TPSA) is 78.5 Å². The molecule has 2 unspecified atom stereocenters. The second kappa shape index (κ2) is 7.03. The molecule has 2 saturated heterocycles. The summed E-state index contributed by atoms with van der Waals surface area (Å²) in [7, 11) is 0. The molecule has 1 aromatic carbocycles. The van der Waals surface area contributed by atoms with Gasteiger partial charge in [0.05, 0.1) is 5.92 Å². The zero-order valence-corrected chi connectivity index (χ0v) is 13.9. The van der Waals surface area contributed by atoms with Crippen LogP contribution in [0.1, 0.15) is 38.2 Å². The maximum atomic E-state index is 12.4. The standard InChI is InChI=1S/C18H23N3O3/c1-2-15-4-3-9-21(15)18(24)19-14-7-5-12(6-8-14)10-13-11-16(22)20-17(13)23/h5-8,13,15H,2-4,9-11H2,1H3,(H,19,24)(H,20,22,23). The van der Waals surface area contributed by atoms with Crippen molar-refractivity contribution in [3.05, 3.63) is 29.8 Å². The Hall–Kier alpha value is -2.37. The number of benzene rings is 1. The van der Waals surface area contributed by atoms with Gasteiger partial charge in [0.15, 0.2) is 0 Å². The second-order valence-electron chi connectivity index (χ2n) is 6.54. The van der Waals surface area contributed by atoms with Gasteiger partial charge in [-0.25, -0.2) is 4.79 Å². The molecule has 0 spiro atoms. The lowest BCUT2D eigenvalue weighted by Gasteiger charge is -2.24. The Labute approximate surface area is 141 Å². The van der Waals surface area contributed by atoms with Crippen molar-refractivity contribution in [1.29, 1.82) is 0 Å². The zero-order chi connectivity index (χ0) is 17.1. The molecule has 6 nitrogen and oxygen atoms in total. The van der Waals surface area contributed by atoms with Crippen LogP contribution in [-0.4, -0.2) is 35.3 Å². The van der Waals surface area contributed by atoms with Gasteiger partial charge in [-0.15, -0.1) is 0 Å². The predicted molar refractivity (Wildman–Crippen MR) is 90.4 cm³/mol. The third-order valence-electron chi connectivity index (χ3n) is 4.86. The van der Waals surface area contributed by atoms with Crippen LogP contribution >= 0.6 is 0 Å². The molecule has 4 amide bonds. The Morgan fingerprint density at radius 2 is 2.04 bits per heavy atom. The van der Waals surface area contributed by atoms with Gasteiger partial charge in [-0.3, -0.25) is 14.9 Å². The number of anilines is 1. The molecule has 0 saturated carbocycles. The summed E-state index contributed by atoms with van der Waals surface area (Å²) in [5.74, 6) is -0.685. The number of nitrogens with one attached hydrogen (secondary N) is 2. The first-order valence-corrected chi connectivity index (χ1v) is 8.57. The number of rotatable bonds is 4. The molecule has 2 fully saturated rings. The van der Waals surface area contributed by atoms with Gasteiger partial charge in [0.2, 0.25) is 11.8 Å². The minimum Gasteiger partial charge on any atom is -0.322 e. The summed E-state index contributed by atoms with van der Waals surface area (Å²) in [5, 5.41) is 5.26. The van der Waals surface area contributed by atoms with Crippen LogP contribution in [-0.2, 0) is 16.0 Å². The van der Waals surface area contributed by atoms with Crippen molar-refractivity contribution >= 4 is 23.5 Å². The van der Waals surface area contributed by atoms with Crippen LogP contribution in [0.5, 0.6) is 0 Å². The summed E-state index contributed by atoms with van der Waals surface area (Å²) in [6.45, 7) is 2.92. The van der Waals surface area contributed by atoms with E-state index in [-0.39, 0.29) is 30.2 Å². The van der Waals surface area contributed by atoms with Crippen LogP contribution in [0.15, 0.2) is 24.3 Å². The normalized spacial score (nSPS) is 23.5. The molecule has 128 valence electrons. The maximum Gasteiger partial charge on any atom is 0.322 e. The summed E-state index contributed by atoms with van der Waals surface area (Å²) in [4.78, 5) is 37.1.